The summed E-state index contributed by atoms with van der Waals surface area (Å²) in [5, 5.41) is 11.3. The SMILES string of the molecule is C[C@H](CCCN(C)Cc1ccccc1)[C@H]1CC[C@H]2C3C(OCCN=[N+]=[N-])CC4C[C@@H](OCCN=[N+]=[N-])CC[C@]4(C)[C@H]3C[C@H](OCCN=[N+]=[N-])[C@]12C. The van der Waals surface area contributed by atoms with Crippen molar-refractivity contribution in [3.05, 3.63) is 67.2 Å². The van der Waals surface area contributed by atoms with Gasteiger partial charge in [-0.25, -0.2) is 0 Å². The van der Waals surface area contributed by atoms with Crippen molar-refractivity contribution in [1.29, 1.82) is 0 Å². The maximum Gasteiger partial charge on any atom is 0.0637 e. The summed E-state index contributed by atoms with van der Waals surface area (Å²) in [5.74, 6) is 2.79. The summed E-state index contributed by atoms with van der Waals surface area (Å²) >= 11 is 0. The lowest BCUT2D eigenvalue weighted by molar-refractivity contribution is -0.226. The fraction of sp³-hybridized carbons (Fsp3) is 0.842. The maximum absolute atomic E-state index is 9.00. The van der Waals surface area contributed by atoms with Gasteiger partial charge in [0.2, 0.25) is 0 Å². The highest BCUT2D eigenvalue weighted by Crippen LogP contribution is 2.69. The molecule has 4 saturated carbocycles. The molecule has 13 nitrogen and oxygen atoms in total. The number of ether oxygens (including phenoxy) is 3. The highest BCUT2D eigenvalue weighted by Gasteiger charge is 2.66. The summed E-state index contributed by atoms with van der Waals surface area (Å²) in [7, 11) is 2.22. The van der Waals surface area contributed by atoms with E-state index in [-0.39, 0.29) is 29.1 Å². The van der Waals surface area contributed by atoms with Crippen molar-refractivity contribution in [1.82, 2.24) is 4.90 Å². The second kappa shape index (κ2) is 18.7. The summed E-state index contributed by atoms with van der Waals surface area (Å²) in [6.45, 7) is 11.9. The zero-order valence-electron chi connectivity index (χ0n) is 31.3. The van der Waals surface area contributed by atoms with Crippen LogP contribution in [0.5, 0.6) is 0 Å². The van der Waals surface area contributed by atoms with Crippen LogP contribution in [0.3, 0.4) is 0 Å². The second-order valence-corrected chi connectivity index (χ2v) is 16.3. The fourth-order valence-corrected chi connectivity index (χ4v) is 11.4. The van der Waals surface area contributed by atoms with Crippen molar-refractivity contribution in [2.24, 2.45) is 61.7 Å². The van der Waals surface area contributed by atoms with Crippen LogP contribution in [0, 0.1) is 46.3 Å². The summed E-state index contributed by atoms with van der Waals surface area (Å²) in [5.41, 5.74) is 28.1. The van der Waals surface area contributed by atoms with Crippen molar-refractivity contribution in [2.75, 3.05) is 53.0 Å². The second-order valence-electron chi connectivity index (χ2n) is 16.3. The first kappa shape index (κ1) is 39.2. The highest BCUT2D eigenvalue weighted by atomic mass is 16.5. The Kier molecular flexibility index (Phi) is 14.3. The first-order valence-corrected chi connectivity index (χ1v) is 19.4. The molecule has 0 spiro atoms. The molecule has 4 fully saturated rings. The van der Waals surface area contributed by atoms with E-state index in [1.54, 1.807) is 0 Å². The Morgan fingerprint density at radius 1 is 0.843 bits per heavy atom. The first-order chi connectivity index (χ1) is 24.8. The lowest BCUT2D eigenvalue weighted by Crippen LogP contribution is -2.63. The average Bonchev–Trinajstić information content (AvgIpc) is 3.49. The molecule has 1 aromatic carbocycles. The minimum Gasteiger partial charge on any atom is -0.378 e. The quantitative estimate of drug-likeness (QED) is 0.0603. The van der Waals surface area contributed by atoms with Crippen molar-refractivity contribution in [3.63, 3.8) is 0 Å². The minimum atomic E-state index is -0.0237. The lowest BCUT2D eigenvalue weighted by Gasteiger charge is -2.64. The molecule has 1 aromatic rings. The Balaban J connectivity index is 1.36. The van der Waals surface area contributed by atoms with Gasteiger partial charge in [0, 0.05) is 46.3 Å². The summed E-state index contributed by atoms with van der Waals surface area (Å²) in [4.78, 5) is 11.3. The Morgan fingerprint density at radius 3 is 2.20 bits per heavy atom. The summed E-state index contributed by atoms with van der Waals surface area (Å²) in [6, 6.07) is 10.7. The molecule has 0 saturated heterocycles. The van der Waals surface area contributed by atoms with Crippen molar-refractivity contribution < 1.29 is 14.2 Å². The van der Waals surface area contributed by atoms with E-state index in [0.717, 1.165) is 51.6 Å². The predicted molar refractivity (Wildman–Crippen MR) is 198 cm³/mol. The summed E-state index contributed by atoms with van der Waals surface area (Å²) < 4.78 is 19.9. The molecule has 4 aliphatic rings. The first-order valence-electron chi connectivity index (χ1n) is 19.4. The molecule has 0 heterocycles. The van der Waals surface area contributed by atoms with Crippen LogP contribution in [-0.2, 0) is 20.8 Å². The standard InChI is InChI=1S/C38H60N10O3/c1-27(9-8-19-48(4)26-28-10-6-5-7-11-28)31-12-13-32-36-33(25-35(38(31,32)3)51-22-18-44-47-41)37(2)15-14-30(49-20-16-42-45-39)23-29(37)24-34(36)50-21-17-43-46-40/h5-7,10-11,27,29-36H,8-9,12-26H2,1-4H3/t27-,29?,30+,31-,32+,33+,34?,35+,36?,37+,38-/m1/s1. The van der Waals surface area contributed by atoms with E-state index >= 15 is 0 Å². The molecule has 4 aliphatic carbocycles. The minimum absolute atomic E-state index is 0.0237. The molecule has 51 heavy (non-hydrogen) atoms. The van der Waals surface area contributed by atoms with Crippen LogP contribution in [0.4, 0.5) is 0 Å². The van der Waals surface area contributed by atoms with Gasteiger partial charge in [-0.1, -0.05) is 66.4 Å². The Labute approximate surface area is 304 Å². The molecular formula is C38H60N10O3. The zero-order chi connectivity index (χ0) is 36.3. The van der Waals surface area contributed by atoms with Gasteiger partial charge in [-0.05, 0) is 134 Å². The van der Waals surface area contributed by atoms with Gasteiger partial charge in [0.25, 0.3) is 0 Å². The lowest BCUT2D eigenvalue weighted by atomic mass is 9.43. The van der Waals surface area contributed by atoms with Gasteiger partial charge in [0.15, 0.2) is 0 Å². The van der Waals surface area contributed by atoms with Crippen LogP contribution < -0.4 is 0 Å². The fourth-order valence-electron chi connectivity index (χ4n) is 11.4. The topological polar surface area (TPSA) is 177 Å². The zero-order valence-corrected chi connectivity index (χ0v) is 31.3. The van der Waals surface area contributed by atoms with Gasteiger partial charge in [-0.2, -0.15) is 0 Å². The summed E-state index contributed by atoms with van der Waals surface area (Å²) in [6.07, 6.45) is 10.00. The van der Waals surface area contributed by atoms with E-state index < -0.39 is 0 Å². The Bertz CT molecular complexity index is 1400. The molecule has 3 unspecified atom stereocenters. The van der Waals surface area contributed by atoms with Gasteiger partial charge in [-0.15, -0.1) is 0 Å². The van der Waals surface area contributed by atoms with E-state index in [1.807, 2.05) is 0 Å². The van der Waals surface area contributed by atoms with Crippen LogP contribution in [0.2, 0.25) is 0 Å². The molecule has 0 N–H and O–H groups in total. The van der Waals surface area contributed by atoms with Crippen molar-refractivity contribution >= 4 is 0 Å². The van der Waals surface area contributed by atoms with Crippen LogP contribution in [-0.4, -0.2) is 76.3 Å². The highest BCUT2D eigenvalue weighted by molar-refractivity contribution is 5.16. The van der Waals surface area contributed by atoms with Gasteiger partial charge in [-0.3, -0.25) is 0 Å². The molecule has 5 rings (SSSR count). The van der Waals surface area contributed by atoms with Crippen molar-refractivity contribution in [2.45, 2.75) is 103 Å². The van der Waals surface area contributed by atoms with Gasteiger partial charge in [0.05, 0.1) is 38.1 Å². The Morgan fingerprint density at radius 2 is 1.51 bits per heavy atom. The van der Waals surface area contributed by atoms with E-state index in [9.17, 15) is 0 Å². The van der Waals surface area contributed by atoms with Crippen molar-refractivity contribution in [3.8, 4) is 0 Å². The number of nitrogens with zero attached hydrogens (tertiary/aromatic N) is 10. The van der Waals surface area contributed by atoms with Crippen LogP contribution in [0.25, 0.3) is 31.3 Å². The largest absolute Gasteiger partial charge is 0.378 e. The monoisotopic (exact) mass is 704 g/mol. The molecule has 11 atom stereocenters. The average molecular weight is 705 g/mol. The van der Waals surface area contributed by atoms with Crippen LogP contribution in [0.15, 0.2) is 45.7 Å². The maximum atomic E-state index is 9.00. The number of hydrogen-bond acceptors (Lipinski definition) is 7. The smallest absolute Gasteiger partial charge is 0.0637 e. The molecule has 0 aromatic heterocycles. The van der Waals surface area contributed by atoms with E-state index in [1.165, 1.54) is 24.8 Å². The third-order valence-corrected chi connectivity index (χ3v) is 13.7. The third-order valence-electron chi connectivity index (χ3n) is 13.7. The van der Waals surface area contributed by atoms with E-state index in [4.69, 9.17) is 30.8 Å². The number of fused-ring (bicyclic) bond motifs is 5. The van der Waals surface area contributed by atoms with Crippen LogP contribution >= 0.6 is 0 Å². The normalized spacial score (nSPS) is 34.6. The number of benzene rings is 1. The van der Waals surface area contributed by atoms with Gasteiger partial charge in [0.1, 0.15) is 0 Å². The molecule has 0 amide bonds. The molecular weight excluding hydrogens is 644 g/mol. The number of azide groups is 3. The molecule has 0 radical (unpaired) electrons. The van der Waals surface area contributed by atoms with E-state index in [2.05, 4.69) is 93.1 Å². The number of rotatable bonds is 19. The van der Waals surface area contributed by atoms with E-state index in [0.29, 0.717) is 75.0 Å². The Hall–Kier alpha value is -3.01. The molecule has 0 bridgehead atoms. The predicted octanol–water partition coefficient (Wildman–Crippen LogP) is 9.50. The van der Waals surface area contributed by atoms with Gasteiger partial charge >= 0.3 is 0 Å². The van der Waals surface area contributed by atoms with Crippen LogP contribution in [0.1, 0.15) is 84.1 Å². The molecule has 13 heteroatoms. The molecule has 0 aliphatic heterocycles. The van der Waals surface area contributed by atoms with Gasteiger partial charge < -0.3 is 19.1 Å². The number of hydrogen-bond donors (Lipinski definition) is 0. The third kappa shape index (κ3) is 9.14. The molecule has 280 valence electrons.